The minimum atomic E-state index is -4.90. The van der Waals surface area contributed by atoms with Crippen LogP contribution in [-0.4, -0.2) is 29.9 Å². The van der Waals surface area contributed by atoms with Crippen molar-refractivity contribution in [3.63, 3.8) is 0 Å². The quantitative estimate of drug-likeness (QED) is 0.556. The number of carboxylic acids is 1. The Morgan fingerprint density at radius 1 is 1.21 bits per heavy atom. The number of carbonyl (C=O) groups excluding carboxylic acids is 1. The van der Waals surface area contributed by atoms with E-state index in [0.717, 1.165) is 17.2 Å². The van der Waals surface area contributed by atoms with Crippen LogP contribution in [-0.2, 0) is 16.0 Å². The molecule has 2 aromatic rings. The molecule has 3 rings (SSSR count). The van der Waals surface area contributed by atoms with Gasteiger partial charge in [0.1, 0.15) is 5.75 Å². The van der Waals surface area contributed by atoms with E-state index < -0.39 is 23.5 Å². The van der Waals surface area contributed by atoms with E-state index in [0.29, 0.717) is 35.4 Å². The Balaban J connectivity index is 2.25. The van der Waals surface area contributed by atoms with Gasteiger partial charge in [-0.3, -0.25) is 4.79 Å². The van der Waals surface area contributed by atoms with Gasteiger partial charge < -0.3 is 14.7 Å². The molecule has 1 aliphatic rings. The van der Waals surface area contributed by atoms with Crippen LogP contribution in [0, 0.1) is 12.3 Å². The molecule has 0 aromatic heterocycles. The third-order valence-electron chi connectivity index (χ3n) is 5.78. The number of ether oxygens (including phenoxy) is 1. The van der Waals surface area contributed by atoms with Gasteiger partial charge in [-0.1, -0.05) is 26.0 Å². The van der Waals surface area contributed by atoms with E-state index in [1.54, 1.807) is 24.8 Å². The fourth-order valence-electron chi connectivity index (χ4n) is 4.25. The molecule has 1 amide bonds. The van der Waals surface area contributed by atoms with Crippen molar-refractivity contribution < 1.29 is 32.6 Å². The number of anilines is 1. The first kappa shape index (κ1) is 24.4. The van der Waals surface area contributed by atoms with Gasteiger partial charge in [0, 0.05) is 29.3 Å². The molecule has 0 aliphatic carbocycles. The highest BCUT2D eigenvalue weighted by molar-refractivity contribution is 6.01. The number of aliphatic carboxylic acids is 1. The lowest BCUT2D eigenvalue weighted by Gasteiger charge is -2.38. The molecule has 1 aliphatic heterocycles. The van der Waals surface area contributed by atoms with Crippen molar-refractivity contribution in [3.8, 4) is 16.9 Å². The second-order valence-corrected chi connectivity index (χ2v) is 8.83. The second-order valence-electron chi connectivity index (χ2n) is 8.83. The molecule has 1 heterocycles. The molecule has 0 fully saturated rings. The average molecular weight is 461 g/mol. The Bertz CT molecular complexity index is 1150. The van der Waals surface area contributed by atoms with Crippen molar-refractivity contribution in [2.24, 2.45) is 5.41 Å². The summed E-state index contributed by atoms with van der Waals surface area (Å²) in [6.07, 6.45) is -3.40. The maximum absolute atomic E-state index is 13.1. The van der Waals surface area contributed by atoms with Gasteiger partial charge in [0.25, 0.3) is 0 Å². The van der Waals surface area contributed by atoms with Crippen LogP contribution < -0.4 is 9.64 Å². The molecule has 1 N–H and O–H groups in total. The molecule has 0 saturated carbocycles. The van der Waals surface area contributed by atoms with E-state index >= 15 is 0 Å². The van der Waals surface area contributed by atoms with Gasteiger partial charge >= 0.3 is 12.3 Å². The summed E-state index contributed by atoms with van der Waals surface area (Å²) in [7, 11) is 0. The van der Waals surface area contributed by atoms with E-state index in [1.807, 2.05) is 26.8 Å². The zero-order valence-electron chi connectivity index (χ0n) is 19.1. The number of carboxylic acid groups (broad SMARTS) is 1. The van der Waals surface area contributed by atoms with Crippen molar-refractivity contribution in [2.45, 2.75) is 47.4 Å². The summed E-state index contributed by atoms with van der Waals surface area (Å²) in [5, 5.41) is 9.05. The van der Waals surface area contributed by atoms with E-state index in [2.05, 4.69) is 4.74 Å². The SMILES string of the molecule is CCN1C(=O)C(C)(C)Cc2cc(C)c(-c3cc(/C(C)=C/C(=O)O)ccc3OC(F)(F)F)cc21. The molecule has 33 heavy (non-hydrogen) atoms. The van der Waals surface area contributed by atoms with Gasteiger partial charge in [-0.05, 0) is 73.2 Å². The van der Waals surface area contributed by atoms with Crippen molar-refractivity contribution in [2.75, 3.05) is 11.4 Å². The first-order chi connectivity index (χ1) is 15.2. The molecule has 2 aromatic carbocycles. The Kier molecular flexibility index (Phi) is 6.33. The molecule has 8 heteroatoms. The number of allylic oxidation sites excluding steroid dienone is 1. The van der Waals surface area contributed by atoms with Crippen LogP contribution in [0.2, 0.25) is 0 Å². The predicted molar refractivity (Wildman–Crippen MR) is 120 cm³/mol. The number of rotatable bonds is 5. The smallest absolute Gasteiger partial charge is 0.478 e. The van der Waals surface area contributed by atoms with Crippen LogP contribution in [0.3, 0.4) is 0 Å². The molecule has 5 nitrogen and oxygen atoms in total. The summed E-state index contributed by atoms with van der Waals surface area (Å²) in [6.45, 7) is 9.38. The molecule has 0 saturated heterocycles. The Morgan fingerprint density at radius 3 is 2.45 bits per heavy atom. The lowest BCUT2D eigenvalue weighted by Crippen LogP contribution is -2.46. The molecule has 0 atom stereocenters. The first-order valence-electron chi connectivity index (χ1n) is 10.5. The summed E-state index contributed by atoms with van der Waals surface area (Å²) in [5.74, 6) is -1.61. The number of amides is 1. The van der Waals surface area contributed by atoms with Crippen LogP contribution in [0.1, 0.15) is 44.4 Å². The molecule has 176 valence electrons. The number of nitrogens with zero attached hydrogens (tertiary/aromatic N) is 1. The normalized spacial score (nSPS) is 15.9. The fraction of sp³-hybridized carbons (Fsp3) is 0.360. The highest BCUT2D eigenvalue weighted by Crippen LogP contribution is 2.43. The van der Waals surface area contributed by atoms with Gasteiger partial charge in [-0.15, -0.1) is 13.2 Å². The molecule has 0 spiro atoms. The molecule has 0 radical (unpaired) electrons. The Labute approximate surface area is 190 Å². The van der Waals surface area contributed by atoms with Crippen LogP contribution >= 0.6 is 0 Å². The maximum Gasteiger partial charge on any atom is 0.573 e. The molecule has 0 unspecified atom stereocenters. The van der Waals surface area contributed by atoms with Gasteiger partial charge in [0.05, 0.1) is 0 Å². The second kappa shape index (κ2) is 8.57. The van der Waals surface area contributed by atoms with Crippen molar-refractivity contribution in [1.82, 2.24) is 0 Å². The van der Waals surface area contributed by atoms with E-state index in [4.69, 9.17) is 5.11 Å². The minimum Gasteiger partial charge on any atom is -0.478 e. The lowest BCUT2D eigenvalue weighted by atomic mass is 9.79. The number of hydrogen-bond donors (Lipinski definition) is 1. The maximum atomic E-state index is 13.1. The molecular weight excluding hydrogens is 435 g/mol. The number of hydrogen-bond acceptors (Lipinski definition) is 3. The number of aryl methyl sites for hydroxylation is 1. The van der Waals surface area contributed by atoms with Crippen LogP contribution in [0.5, 0.6) is 5.75 Å². The monoisotopic (exact) mass is 461 g/mol. The number of fused-ring (bicyclic) bond motifs is 1. The number of benzene rings is 2. The third-order valence-corrected chi connectivity index (χ3v) is 5.78. The summed E-state index contributed by atoms with van der Waals surface area (Å²) < 4.78 is 43.7. The predicted octanol–water partition coefficient (Wildman–Crippen LogP) is 5.98. The summed E-state index contributed by atoms with van der Waals surface area (Å²) >= 11 is 0. The first-order valence-corrected chi connectivity index (χ1v) is 10.5. The highest BCUT2D eigenvalue weighted by atomic mass is 19.4. The number of alkyl halides is 3. The zero-order valence-corrected chi connectivity index (χ0v) is 19.1. The van der Waals surface area contributed by atoms with Crippen LogP contribution in [0.15, 0.2) is 36.4 Å². The van der Waals surface area contributed by atoms with Crippen molar-refractivity contribution in [1.29, 1.82) is 0 Å². The summed E-state index contributed by atoms with van der Waals surface area (Å²) in [6, 6.07) is 7.67. The summed E-state index contributed by atoms with van der Waals surface area (Å²) in [4.78, 5) is 25.7. The number of carbonyl (C=O) groups is 2. The van der Waals surface area contributed by atoms with Crippen LogP contribution in [0.25, 0.3) is 16.7 Å². The van der Waals surface area contributed by atoms with E-state index in [9.17, 15) is 22.8 Å². The minimum absolute atomic E-state index is 0.0481. The zero-order chi connectivity index (χ0) is 24.7. The Morgan fingerprint density at radius 2 is 1.88 bits per heavy atom. The summed E-state index contributed by atoms with van der Waals surface area (Å²) in [5.41, 5.74) is 3.20. The molecular formula is C25H26F3NO4. The average Bonchev–Trinajstić information content (AvgIpc) is 2.67. The van der Waals surface area contributed by atoms with E-state index in [1.165, 1.54) is 18.2 Å². The lowest BCUT2D eigenvalue weighted by molar-refractivity contribution is -0.274. The topological polar surface area (TPSA) is 66.8 Å². The van der Waals surface area contributed by atoms with Gasteiger partial charge in [-0.25, -0.2) is 4.79 Å². The number of halogens is 3. The van der Waals surface area contributed by atoms with Gasteiger partial charge in [0.2, 0.25) is 5.91 Å². The molecule has 0 bridgehead atoms. The van der Waals surface area contributed by atoms with Crippen molar-refractivity contribution >= 4 is 23.1 Å². The van der Waals surface area contributed by atoms with Crippen LogP contribution in [0.4, 0.5) is 18.9 Å². The highest BCUT2D eigenvalue weighted by Gasteiger charge is 2.39. The van der Waals surface area contributed by atoms with Crippen molar-refractivity contribution in [3.05, 3.63) is 53.1 Å². The largest absolute Gasteiger partial charge is 0.573 e. The fourth-order valence-corrected chi connectivity index (χ4v) is 4.25. The Hall–Kier alpha value is -3.29. The van der Waals surface area contributed by atoms with E-state index in [-0.39, 0.29) is 11.5 Å². The van der Waals surface area contributed by atoms with Gasteiger partial charge in [-0.2, -0.15) is 0 Å². The van der Waals surface area contributed by atoms with Gasteiger partial charge in [0.15, 0.2) is 0 Å². The third kappa shape index (κ3) is 5.05. The standard InChI is InChI=1S/C25H26F3NO4/c1-6-29-20-12-18(15(3)9-17(20)13-24(4,5)23(29)32)19-11-16(14(2)10-22(30)31)7-8-21(19)33-25(26,27)28/h7-12H,6,13H2,1-5H3,(H,30,31)/b14-10+.